The van der Waals surface area contributed by atoms with Crippen molar-refractivity contribution in [1.82, 2.24) is 15.5 Å². The fourth-order valence-electron chi connectivity index (χ4n) is 4.57. The lowest BCUT2D eigenvalue weighted by Gasteiger charge is -2.31. The Morgan fingerprint density at radius 3 is 2.57 bits per heavy atom. The molecule has 2 heterocycles. The van der Waals surface area contributed by atoms with Gasteiger partial charge in [0.05, 0.1) is 13.2 Å². The zero-order valence-corrected chi connectivity index (χ0v) is 19.2. The molecular weight excluding hydrogens is 446 g/mol. The van der Waals surface area contributed by atoms with Gasteiger partial charge in [-0.1, -0.05) is 36.4 Å². The molecule has 0 unspecified atom stereocenters. The van der Waals surface area contributed by atoms with Crippen LogP contribution in [-0.2, 0) is 16.9 Å². The van der Waals surface area contributed by atoms with Gasteiger partial charge in [-0.2, -0.15) is 0 Å². The van der Waals surface area contributed by atoms with E-state index in [1.807, 2.05) is 12.1 Å². The van der Waals surface area contributed by atoms with Gasteiger partial charge in [0.25, 0.3) is 11.8 Å². The molecule has 2 fully saturated rings. The first-order chi connectivity index (χ1) is 16.9. The van der Waals surface area contributed by atoms with Crippen LogP contribution in [0.2, 0.25) is 0 Å². The van der Waals surface area contributed by atoms with Gasteiger partial charge >= 0.3 is 6.03 Å². The highest BCUT2D eigenvalue weighted by Crippen LogP contribution is 2.34. The summed E-state index contributed by atoms with van der Waals surface area (Å²) in [5.74, 6) is 0.540. The number of fused-ring (bicyclic) bond motifs is 1. The molecule has 3 aliphatic rings. The van der Waals surface area contributed by atoms with E-state index in [0.717, 1.165) is 11.1 Å². The van der Waals surface area contributed by atoms with Gasteiger partial charge in [-0.3, -0.25) is 14.9 Å². The summed E-state index contributed by atoms with van der Waals surface area (Å²) >= 11 is 0. The summed E-state index contributed by atoms with van der Waals surface area (Å²) in [6.45, 7) is 1.25. The molecule has 2 aromatic carbocycles. The van der Waals surface area contributed by atoms with Crippen LogP contribution >= 0.6 is 0 Å². The van der Waals surface area contributed by atoms with Crippen molar-refractivity contribution in [3.63, 3.8) is 0 Å². The molecule has 5 rings (SSSR count). The minimum atomic E-state index is -1.43. The number of allylic oxidation sites excluding steroid dienone is 1. The number of nitrogens with two attached hydrogens (primary N) is 1. The van der Waals surface area contributed by atoms with Gasteiger partial charge in [0.1, 0.15) is 5.75 Å². The Labute approximate surface area is 202 Å². The highest BCUT2D eigenvalue weighted by Gasteiger charge is 2.50. The summed E-state index contributed by atoms with van der Waals surface area (Å²) in [4.78, 5) is 40.1. The third kappa shape index (κ3) is 4.30. The van der Waals surface area contributed by atoms with E-state index in [1.54, 1.807) is 41.3 Å². The van der Waals surface area contributed by atoms with Gasteiger partial charge < -0.3 is 26.1 Å². The zero-order valence-electron chi connectivity index (χ0n) is 19.2. The summed E-state index contributed by atoms with van der Waals surface area (Å²) in [5.41, 5.74) is 7.51. The maximum absolute atomic E-state index is 13.3. The van der Waals surface area contributed by atoms with Crippen molar-refractivity contribution in [1.29, 1.82) is 5.41 Å². The number of imide groups is 1. The SMILES string of the molecule is N=C/C(=C\CN)c1ccc([C@]2(CN3Cc4ccc(OCC5CC5)cc4C3=O)NC(=O)NC2=O)cc1. The number of benzene rings is 2. The molecule has 9 heteroatoms. The van der Waals surface area contributed by atoms with Crippen molar-refractivity contribution < 1.29 is 19.1 Å². The number of ether oxygens (including phenoxy) is 1. The quantitative estimate of drug-likeness (QED) is 0.327. The second kappa shape index (κ2) is 8.99. The molecule has 0 spiro atoms. The molecule has 1 saturated carbocycles. The topological polar surface area (TPSA) is 138 Å². The fourth-order valence-corrected chi connectivity index (χ4v) is 4.57. The average molecular weight is 474 g/mol. The Kier molecular flexibility index (Phi) is 5.86. The zero-order chi connectivity index (χ0) is 24.6. The van der Waals surface area contributed by atoms with Crippen molar-refractivity contribution in [3.8, 4) is 5.75 Å². The van der Waals surface area contributed by atoms with E-state index in [-0.39, 0.29) is 12.5 Å². The Bertz CT molecular complexity index is 1230. The van der Waals surface area contributed by atoms with Crippen molar-refractivity contribution in [2.24, 2.45) is 11.7 Å². The lowest BCUT2D eigenvalue weighted by Crippen LogP contribution is -2.52. The maximum Gasteiger partial charge on any atom is 0.322 e. The second-order valence-electron chi connectivity index (χ2n) is 9.16. The number of carbonyl (C=O) groups excluding carboxylic acids is 3. The smallest absolute Gasteiger partial charge is 0.322 e. The summed E-state index contributed by atoms with van der Waals surface area (Å²) in [5, 5.41) is 12.7. The number of rotatable bonds is 9. The Balaban J connectivity index is 1.40. The van der Waals surface area contributed by atoms with E-state index in [2.05, 4.69) is 10.6 Å². The minimum Gasteiger partial charge on any atom is -0.493 e. The Morgan fingerprint density at radius 1 is 1.17 bits per heavy atom. The van der Waals surface area contributed by atoms with E-state index >= 15 is 0 Å². The maximum atomic E-state index is 13.3. The van der Waals surface area contributed by atoms with Crippen LogP contribution < -0.4 is 21.1 Å². The number of hydrogen-bond donors (Lipinski definition) is 4. The predicted molar refractivity (Wildman–Crippen MR) is 130 cm³/mol. The Hall–Kier alpha value is -3.98. The van der Waals surface area contributed by atoms with Gasteiger partial charge in [-0.15, -0.1) is 0 Å². The van der Waals surface area contributed by atoms with Crippen LogP contribution in [0.15, 0.2) is 48.5 Å². The number of nitrogens with zero attached hydrogens (tertiary/aromatic N) is 1. The number of carbonyl (C=O) groups is 3. The van der Waals surface area contributed by atoms with Crippen LogP contribution in [0.1, 0.15) is 39.9 Å². The standard InChI is InChI=1S/C26H27N5O4/c27-10-9-18(12-28)17-3-6-20(7-4-17)26(24(33)29-25(34)30-26)15-31-13-19-5-8-21(11-22(19)23(31)32)35-14-16-1-2-16/h3-9,11-12,16,28H,1-2,10,13-15,27H2,(H2,29,30,33,34)/b18-9+,28-12?/t26-/m0/s1. The molecule has 0 bridgehead atoms. The van der Waals surface area contributed by atoms with Gasteiger partial charge in [-0.05, 0) is 53.2 Å². The second-order valence-corrected chi connectivity index (χ2v) is 9.16. The first kappa shape index (κ1) is 22.8. The number of urea groups is 1. The molecule has 2 aliphatic heterocycles. The monoisotopic (exact) mass is 473 g/mol. The van der Waals surface area contributed by atoms with E-state index < -0.39 is 17.5 Å². The van der Waals surface area contributed by atoms with Crippen LogP contribution in [0.4, 0.5) is 4.79 Å². The lowest BCUT2D eigenvalue weighted by molar-refractivity contribution is -0.124. The van der Waals surface area contributed by atoms with E-state index in [4.69, 9.17) is 15.9 Å². The summed E-state index contributed by atoms with van der Waals surface area (Å²) < 4.78 is 5.83. The third-order valence-corrected chi connectivity index (χ3v) is 6.72. The summed E-state index contributed by atoms with van der Waals surface area (Å²) in [7, 11) is 0. The minimum absolute atomic E-state index is 0.0221. The molecule has 35 heavy (non-hydrogen) atoms. The van der Waals surface area contributed by atoms with Crippen LogP contribution in [0.3, 0.4) is 0 Å². The summed E-state index contributed by atoms with van der Waals surface area (Å²) in [6, 6.07) is 11.9. The molecule has 4 amide bonds. The largest absolute Gasteiger partial charge is 0.493 e. The van der Waals surface area contributed by atoms with Gasteiger partial charge in [0.2, 0.25) is 0 Å². The van der Waals surface area contributed by atoms with E-state index in [1.165, 1.54) is 19.1 Å². The van der Waals surface area contributed by atoms with Crippen molar-refractivity contribution in [3.05, 3.63) is 70.8 Å². The first-order valence-electron chi connectivity index (χ1n) is 11.6. The number of amides is 4. The normalized spacial score (nSPS) is 21.6. The fraction of sp³-hybridized carbons (Fsp3) is 0.308. The number of hydrogen-bond acceptors (Lipinski definition) is 6. The van der Waals surface area contributed by atoms with Crippen LogP contribution in [0.5, 0.6) is 5.75 Å². The molecule has 5 N–H and O–H groups in total. The highest BCUT2D eigenvalue weighted by molar-refractivity contribution is 6.09. The van der Waals surface area contributed by atoms with Crippen molar-refractivity contribution >= 4 is 29.6 Å². The van der Waals surface area contributed by atoms with Crippen LogP contribution in [-0.4, -0.2) is 48.7 Å². The molecule has 1 atom stereocenters. The van der Waals surface area contributed by atoms with E-state index in [9.17, 15) is 14.4 Å². The van der Waals surface area contributed by atoms with E-state index in [0.29, 0.717) is 48.1 Å². The molecule has 2 aromatic rings. The molecule has 180 valence electrons. The summed E-state index contributed by atoms with van der Waals surface area (Å²) in [6.07, 6.45) is 5.30. The third-order valence-electron chi connectivity index (χ3n) is 6.72. The molecule has 0 radical (unpaired) electrons. The predicted octanol–water partition coefficient (Wildman–Crippen LogP) is 2.16. The van der Waals surface area contributed by atoms with Gasteiger partial charge in [-0.25, -0.2) is 4.79 Å². The molecular formula is C26H27N5O4. The van der Waals surface area contributed by atoms with Crippen molar-refractivity contribution in [2.75, 3.05) is 19.7 Å². The van der Waals surface area contributed by atoms with Gasteiger partial charge in [0, 0.05) is 24.9 Å². The Morgan fingerprint density at radius 2 is 1.94 bits per heavy atom. The number of nitrogens with one attached hydrogen (secondary N) is 3. The van der Waals surface area contributed by atoms with Gasteiger partial charge in [0.15, 0.2) is 5.54 Å². The molecule has 9 nitrogen and oxygen atoms in total. The highest BCUT2D eigenvalue weighted by atomic mass is 16.5. The molecule has 0 aromatic heterocycles. The average Bonchev–Trinajstić information content (AvgIpc) is 3.58. The van der Waals surface area contributed by atoms with Crippen LogP contribution in [0, 0.1) is 11.3 Å². The molecule has 1 aliphatic carbocycles. The lowest BCUT2D eigenvalue weighted by atomic mass is 9.88. The van der Waals surface area contributed by atoms with Crippen LogP contribution in [0.25, 0.3) is 5.57 Å². The van der Waals surface area contributed by atoms with Crippen molar-refractivity contribution in [2.45, 2.75) is 24.9 Å². The first-order valence-corrected chi connectivity index (χ1v) is 11.6. The molecule has 1 saturated heterocycles.